The van der Waals surface area contributed by atoms with Gasteiger partial charge in [-0.15, -0.1) is 5.10 Å². The van der Waals surface area contributed by atoms with Crippen LogP contribution in [-0.2, 0) is 0 Å². The van der Waals surface area contributed by atoms with Crippen LogP contribution in [0, 0.1) is 11.8 Å². The highest BCUT2D eigenvalue weighted by atomic mass is 16.7. The maximum atomic E-state index is 5.57. The molecule has 0 aliphatic carbocycles. The van der Waals surface area contributed by atoms with Gasteiger partial charge < -0.3 is 14.3 Å². The predicted octanol–water partition coefficient (Wildman–Crippen LogP) is 2.34. The lowest BCUT2D eigenvalue weighted by Crippen LogP contribution is -2.13. The van der Waals surface area contributed by atoms with Gasteiger partial charge in [0.05, 0.1) is 7.11 Å². The summed E-state index contributed by atoms with van der Waals surface area (Å²) in [6.45, 7) is 0.724. The van der Waals surface area contributed by atoms with Crippen molar-refractivity contribution in [2.45, 2.75) is 6.42 Å². The minimum absolute atomic E-state index is 0.298. The molecule has 0 aliphatic rings. The molecule has 0 fully saturated rings. The van der Waals surface area contributed by atoms with Gasteiger partial charge in [0.2, 0.25) is 0 Å². The van der Waals surface area contributed by atoms with Gasteiger partial charge in [0, 0.05) is 6.42 Å². The molecule has 0 unspecified atom stereocenters. The SMILES string of the molecule is COc1ccccc1OCC#CCCOn1nnc2ccccc21. The molecule has 0 saturated heterocycles. The molecule has 6 heteroatoms. The fraction of sp³-hybridized carbons (Fsp3) is 0.222. The van der Waals surface area contributed by atoms with Gasteiger partial charge >= 0.3 is 0 Å². The lowest BCUT2D eigenvalue weighted by Gasteiger charge is -2.07. The van der Waals surface area contributed by atoms with Crippen molar-refractivity contribution in [1.82, 2.24) is 15.2 Å². The van der Waals surface area contributed by atoms with Crippen LogP contribution in [0.2, 0.25) is 0 Å². The number of para-hydroxylation sites is 3. The molecule has 1 heterocycles. The summed E-state index contributed by atoms with van der Waals surface area (Å²) in [5, 5.41) is 7.96. The average molecular weight is 323 g/mol. The smallest absolute Gasteiger partial charge is 0.162 e. The summed E-state index contributed by atoms with van der Waals surface area (Å²) in [4.78, 5) is 6.96. The summed E-state index contributed by atoms with van der Waals surface area (Å²) in [6.07, 6.45) is 0.573. The van der Waals surface area contributed by atoms with E-state index >= 15 is 0 Å². The Balaban J connectivity index is 1.43. The first-order valence-corrected chi connectivity index (χ1v) is 7.54. The second-order valence-corrected chi connectivity index (χ2v) is 4.83. The van der Waals surface area contributed by atoms with Gasteiger partial charge in [0.15, 0.2) is 11.5 Å². The molecule has 24 heavy (non-hydrogen) atoms. The van der Waals surface area contributed by atoms with Crippen molar-refractivity contribution >= 4 is 11.0 Å². The molecule has 0 spiro atoms. The van der Waals surface area contributed by atoms with Crippen LogP contribution in [-0.4, -0.2) is 35.5 Å². The minimum Gasteiger partial charge on any atom is -0.493 e. The third-order valence-corrected chi connectivity index (χ3v) is 3.26. The predicted molar refractivity (Wildman–Crippen MR) is 89.9 cm³/mol. The van der Waals surface area contributed by atoms with Crippen molar-refractivity contribution in [3.63, 3.8) is 0 Å². The Hall–Kier alpha value is -3.20. The van der Waals surface area contributed by atoms with Gasteiger partial charge in [-0.2, -0.15) is 0 Å². The summed E-state index contributed by atoms with van der Waals surface area (Å²) in [7, 11) is 1.61. The second-order valence-electron chi connectivity index (χ2n) is 4.83. The number of methoxy groups -OCH3 is 1. The standard InChI is InChI=1S/C18H17N3O3/c1-22-17-11-5-6-12-18(17)23-13-7-2-8-14-24-21-16-10-4-3-9-15(16)19-20-21/h3-6,9-12H,8,13-14H2,1H3. The van der Waals surface area contributed by atoms with E-state index in [9.17, 15) is 0 Å². The monoisotopic (exact) mass is 323 g/mol. The van der Waals surface area contributed by atoms with Crippen LogP contribution in [0.4, 0.5) is 0 Å². The first-order chi connectivity index (χ1) is 11.9. The topological polar surface area (TPSA) is 58.4 Å². The van der Waals surface area contributed by atoms with E-state index in [2.05, 4.69) is 22.2 Å². The largest absolute Gasteiger partial charge is 0.493 e. The Kier molecular flexibility index (Phi) is 5.15. The van der Waals surface area contributed by atoms with Gasteiger partial charge in [-0.05, 0) is 29.5 Å². The molecule has 0 bridgehead atoms. The van der Waals surface area contributed by atoms with E-state index in [1.165, 1.54) is 4.85 Å². The molecule has 0 aliphatic heterocycles. The molecule has 0 saturated carbocycles. The molecule has 0 amide bonds. The lowest BCUT2D eigenvalue weighted by atomic mass is 10.3. The molecule has 0 atom stereocenters. The van der Waals surface area contributed by atoms with Crippen molar-refractivity contribution in [3.8, 4) is 23.3 Å². The fourth-order valence-electron chi connectivity index (χ4n) is 2.12. The quantitative estimate of drug-likeness (QED) is 0.515. The molecule has 0 radical (unpaired) electrons. The molecule has 3 rings (SSSR count). The third-order valence-electron chi connectivity index (χ3n) is 3.26. The Morgan fingerprint density at radius 3 is 2.67 bits per heavy atom. The highest BCUT2D eigenvalue weighted by Crippen LogP contribution is 2.25. The highest BCUT2D eigenvalue weighted by Gasteiger charge is 2.03. The van der Waals surface area contributed by atoms with Crippen LogP contribution in [0.3, 0.4) is 0 Å². The first-order valence-electron chi connectivity index (χ1n) is 7.54. The summed E-state index contributed by atoms with van der Waals surface area (Å²) >= 11 is 0. The van der Waals surface area contributed by atoms with Gasteiger partial charge in [0.25, 0.3) is 0 Å². The number of aromatic nitrogens is 3. The maximum Gasteiger partial charge on any atom is 0.162 e. The van der Waals surface area contributed by atoms with Crippen LogP contribution >= 0.6 is 0 Å². The Labute approximate surface area is 139 Å². The maximum absolute atomic E-state index is 5.57. The molecule has 6 nitrogen and oxygen atoms in total. The van der Waals surface area contributed by atoms with E-state index in [0.29, 0.717) is 31.1 Å². The molecule has 2 aromatic carbocycles. The second kappa shape index (κ2) is 7.88. The third kappa shape index (κ3) is 3.76. The zero-order valence-corrected chi connectivity index (χ0v) is 13.3. The van der Waals surface area contributed by atoms with Gasteiger partial charge in [0.1, 0.15) is 24.2 Å². The highest BCUT2D eigenvalue weighted by molar-refractivity contribution is 5.73. The number of hydrogen-bond donors (Lipinski definition) is 0. The molecule has 1 aromatic heterocycles. The van der Waals surface area contributed by atoms with E-state index in [0.717, 1.165) is 11.0 Å². The number of hydrogen-bond acceptors (Lipinski definition) is 5. The van der Waals surface area contributed by atoms with Crippen LogP contribution in [0.5, 0.6) is 11.5 Å². The van der Waals surface area contributed by atoms with E-state index in [4.69, 9.17) is 14.3 Å². The van der Waals surface area contributed by atoms with E-state index in [1.807, 2.05) is 48.5 Å². The van der Waals surface area contributed by atoms with E-state index in [1.54, 1.807) is 7.11 Å². The summed E-state index contributed by atoms with van der Waals surface area (Å²) in [5.41, 5.74) is 1.64. The number of benzene rings is 2. The van der Waals surface area contributed by atoms with Crippen molar-refractivity contribution in [2.75, 3.05) is 20.3 Å². The number of nitrogens with zero attached hydrogens (tertiary/aromatic N) is 3. The molecule has 0 N–H and O–H groups in total. The Morgan fingerprint density at radius 1 is 1.00 bits per heavy atom. The number of rotatable bonds is 6. The van der Waals surface area contributed by atoms with E-state index < -0.39 is 0 Å². The normalized spacial score (nSPS) is 10.0. The lowest BCUT2D eigenvalue weighted by molar-refractivity contribution is 0.0919. The van der Waals surface area contributed by atoms with Crippen molar-refractivity contribution in [3.05, 3.63) is 48.5 Å². The average Bonchev–Trinajstić information content (AvgIpc) is 3.04. The van der Waals surface area contributed by atoms with Crippen LogP contribution < -0.4 is 14.3 Å². The first kappa shape index (κ1) is 15.7. The van der Waals surface area contributed by atoms with Gasteiger partial charge in [-0.1, -0.05) is 41.0 Å². The van der Waals surface area contributed by atoms with Crippen molar-refractivity contribution in [2.24, 2.45) is 0 Å². The zero-order chi connectivity index (χ0) is 16.6. The number of ether oxygens (including phenoxy) is 2. The van der Waals surface area contributed by atoms with Crippen LogP contribution in [0.1, 0.15) is 6.42 Å². The van der Waals surface area contributed by atoms with Gasteiger partial charge in [-0.3, -0.25) is 0 Å². The van der Waals surface area contributed by atoms with Crippen LogP contribution in [0.15, 0.2) is 48.5 Å². The Bertz CT molecular complexity index is 864. The molecular weight excluding hydrogens is 306 g/mol. The van der Waals surface area contributed by atoms with E-state index in [-0.39, 0.29) is 0 Å². The summed E-state index contributed by atoms with van der Waals surface area (Å²) in [5.74, 6) is 7.33. The zero-order valence-electron chi connectivity index (χ0n) is 13.3. The molecule has 3 aromatic rings. The van der Waals surface area contributed by atoms with Gasteiger partial charge in [-0.25, -0.2) is 0 Å². The summed E-state index contributed by atoms with van der Waals surface area (Å²) < 4.78 is 10.8. The fourth-order valence-corrected chi connectivity index (χ4v) is 2.12. The number of fused-ring (bicyclic) bond motifs is 1. The van der Waals surface area contributed by atoms with Crippen molar-refractivity contribution in [1.29, 1.82) is 0 Å². The van der Waals surface area contributed by atoms with Crippen LogP contribution in [0.25, 0.3) is 11.0 Å². The van der Waals surface area contributed by atoms with Crippen molar-refractivity contribution < 1.29 is 14.3 Å². The molecule has 122 valence electrons. The minimum atomic E-state index is 0.298. The Morgan fingerprint density at radius 2 is 1.79 bits per heavy atom. The molecular formula is C18H17N3O3. The summed E-state index contributed by atoms with van der Waals surface area (Å²) in [6, 6.07) is 15.1.